The Kier molecular flexibility index (Phi) is 4.52. The first-order valence-corrected chi connectivity index (χ1v) is 13.2. The molecular formula is C30H46O. The van der Waals surface area contributed by atoms with Crippen LogP contribution < -0.4 is 0 Å². The molecule has 31 heavy (non-hydrogen) atoms. The molecule has 1 nitrogen and oxygen atoms in total. The Morgan fingerprint density at radius 1 is 0.935 bits per heavy atom. The number of carbonyl (C=O) groups is 1. The summed E-state index contributed by atoms with van der Waals surface area (Å²) in [6.07, 6.45) is 13.8. The summed E-state index contributed by atoms with van der Waals surface area (Å²) < 4.78 is 0. The van der Waals surface area contributed by atoms with Crippen molar-refractivity contribution < 1.29 is 4.79 Å². The first kappa shape index (κ1) is 22.0. The molecule has 5 aliphatic carbocycles. The molecule has 0 aromatic carbocycles. The lowest BCUT2D eigenvalue weighted by Crippen LogP contribution is -2.63. The quantitative estimate of drug-likeness (QED) is 0.390. The largest absolute Gasteiger partial charge is 0.299 e. The molecule has 4 fully saturated rings. The van der Waals surface area contributed by atoms with Crippen LogP contribution in [0.5, 0.6) is 0 Å². The zero-order valence-electron chi connectivity index (χ0n) is 21.4. The fourth-order valence-corrected chi connectivity index (χ4v) is 10.5. The minimum absolute atomic E-state index is 0.152. The molecule has 0 aromatic heterocycles. The fourth-order valence-electron chi connectivity index (χ4n) is 10.5. The van der Waals surface area contributed by atoms with E-state index in [1.807, 2.05) is 5.57 Å². The van der Waals surface area contributed by atoms with Crippen molar-refractivity contribution in [2.75, 3.05) is 0 Å². The Hall–Kier alpha value is -0.850. The SMILES string of the molecule is C=C(C)[C@@H]1CC[C@]2(C)CC[C@]3(C)C(=CC[C@@H]4[C@@]5(C)CCC(=O)C(C)(C)[C@@H]5CC[C@]43C)[C@@H]12. The second kappa shape index (κ2) is 6.38. The van der Waals surface area contributed by atoms with E-state index in [1.165, 1.54) is 50.5 Å². The Morgan fingerprint density at radius 2 is 1.65 bits per heavy atom. The summed E-state index contributed by atoms with van der Waals surface area (Å²) >= 11 is 0. The maximum Gasteiger partial charge on any atom is 0.138 e. The standard InChI is InChI=1S/C30H46O/c1-19(2)20-11-14-27(5)17-18-29(7)21(25(20)27)9-10-23-28(6)15-13-24(31)26(3,4)22(28)12-16-30(23,29)8/h9,20,22-23,25H,1,10-18H2,2-8H3/t20-,22-,23+,25+,27+,28-,29+,30+/m0/s1. The molecule has 1 heteroatoms. The number of allylic oxidation sites excluding steroid dienone is 3. The molecule has 5 rings (SSSR count). The first-order chi connectivity index (χ1) is 14.3. The van der Waals surface area contributed by atoms with Gasteiger partial charge in [-0.3, -0.25) is 4.79 Å². The molecule has 0 unspecified atom stereocenters. The van der Waals surface area contributed by atoms with E-state index in [-0.39, 0.29) is 5.41 Å². The number of hydrogen-bond acceptors (Lipinski definition) is 1. The number of rotatable bonds is 1. The van der Waals surface area contributed by atoms with Crippen LogP contribution in [0, 0.1) is 50.7 Å². The van der Waals surface area contributed by atoms with Gasteiger partial charge in [0.05, 0.1) is 0 Å². The number of hydrogen-bond donors (Lipinski definition) is 0. The van der Waals surface area contributed by atoms with Crippen molar-refractivity contribution in [3.8, 4) is 0 Å². The van der Waals surface area contributed by atoms with Crippen LogP contribution in [0.3, 0.4) is 0 Å². The number of fused-ring (bicyclic) bond motifs is 7. The van der Waals surface area contributed by atoms with Crippen molar-refractivity contribution in [3.63, 3.8) is 0 Å². The van der Waals surface area contributed by atoms with Gasteiger partial charge in [0, 0.05) is 11.8 Å². The molecule has 172 valence electrons. The Balaban J connectivity index is 1.60. The van der Waals surface area contributed by atoms with Gasteiger partial charge in [-0.2, -0.15) is 0 Å². The van der Waals surface area contributed by atoms with Gasteiger partial charge in [0.1, 0.15) is 5.78 Å². The van der Waals surface area contributed by atoms with Crippen LogP contribution in [0.4, 0.5) is 0 Å². The molecule has 0 saturated heterocycles. The molecule has 0 spiro atoms. The lowest BCUT2D eigenvalue weighted by Gasteiger charge is -2.70. The van der Waals surface area contributed by atoms with E-state index in [2.05, 4.69) is 61.1 Å². The second-order valence-electron chi connectivity index (χ2n) is 14.1. The Labute approximate surface area is 191 Å². The number of ketones is 1. The predicted molar refractivity (Wildman–Crippen MR) is 130 cm³/mol. The van der Waals surface area contributed by atoms with Gasteiger partial charge in [0.25, 0.3) is 0 Å². The van der Waals surface area contributed by atoms with E-state index in [9.17, 15) is 4.79 Å². The topological polar surface area (TPSA) is 17.1 Å². The van der Waals surface area contributed by atoms with Crippen LogP contribution in [-0.2, 0) is 4.79 Å². The van der Waals surface area contributed by atoms with E-state index >= 15 is 0 Å². The Morgan fingerprint density at radius 3 is 2.32 bits per heavy atom. The molecule has 0 bridgehead atoms. The van der Waals surface area contributed by atoms with Crippen molar-refractivity contribution >= 4 is 5.78 Å². The minimum atomic E-state index is -0.152. The third kappa shape index (κ3) is 2.53. The third-order valence-electron chi connectivity index (χ3n) is 12.6. The summed E-state index contributed by atoms with van der Waals surface area (Å²) in [7, 11) is 0. The molecule has 0 N–H and O–H groups in total. The zero-order valence-corrected chi connectivity index (χ0v) is 21.4. The highest BCUT2D eigenvalue weighted by Crippen LogP contribution is 2.75. The van der Waals surface area contributed by atoms with E-state index in [1.54, 1.807) is 0 Å². The lowest BCUT2D eigenvalue weighted by molar-refractivity contribution is -0.181. The number of Topliss-reactive ketones (excluding diaryl/α,β-unsaturated/α-hetero) is 1. The molecule has 0 aliphatic heterocycles. The van der Waals surface area contributed by atoms with Crippen LogP contribution in [0.2, 0.25) is 0 Å². The van der Waals surface area contributed by atoms with Gasteiger partial charge in [-0.25, -0.2) is 0 Å². The van der Waals surface area contributed by atoms with Crippen LogP contribution in [0.15, 0.2) is 23.8 Å². The van der Waals surface area contributed by atoms with Crippen molar-refractivity contribution in [3.05, 3.63) is 23.8 Å². The van der Waals surface area contributed by atoms with Crippen LogP contribution >= 0.6 is 0 Å². The highest BCUT2D eigenvalue weighted by molar-refractivity contribution is 5.85. The minimum Gasteiger partial charge on any atom is -0.299 e. The zero-order chi connectivity index (χ0) is 22.6. The molecule has 0 heterocycles. The van der Waals surface area contributed by atoms with Gasteiger partial charge in [-0.15, -0.1) is 0 Å². The van der Waals surface area contributed by atoms with Crippen LogP contribution in [0.25, 0.3) is 0 Å². The van der Waals surface area contributed by atoms with Crippen LogP contribution in [-0.4, -0.2) is 5.78 Å². The summed E-state index contributed by atoms with van der Waals surface area (Å²) in [4.78, 5) is 12.9. The average molecular weight is 423 g/mol. The van der Waals surface area contributed by atoms with E-state index in [0.29, 0.717) is 51.1 Å². The highest BCUT2D eigenvalue weighted by atomic mass is 16.1. The summed E-state index contributed by atoms with van der Waals surface area (Å²) in [5.41, 5.74) is 4.49. The van der Waals surface area contributed by atoms with Crippen LogP contribution in [0.1, 0.15) is 106 Å². The van der Waals surface area contributed by atoms with Gasteiger partial charge in [-0.1, -0.05) is 65.3 Å². The smallest absolute Gasteiger partial charge is 0.138 e. The van der Waals surface area contributed by atoms with Gasteiger partial charge < -0.3 is 0 Å². The molecule has 0 amide bonds. The summed E-state index contributed by atoms with van der Waals surface area (Å²) in [5.74, 6) is 3.14. The van der Waals surface area contributed by atoms with Crippen molar-refractivity contribution in [1.82, 2.24) is 0 Å². The van der Waals surface area contributed by atoms with Gasteiger partial charge in [0.15, 0.2) is 0 Å². The maximum absolute atomic E-state index is 12.9. The fraction of sp³-hybridized carbons (Fsp3) is 0.833. The molecule has 0 aromatic rings. The van der Waals surface area contributed by atoms with Crippen molar-refractivity contribution in [2.45, 2.75) is 106 Å². The third-order valence-corrected chi connectivity index (χ3v) is 12.6. The average Bonchev–Trinajstić information content (AvgIpc) is 3.04. The van der Waals surface area contributed by atoms with E-state index in [0.717, 1.165) is 12.8 Å². The molecule has 5 aliphatic rings. The summed E-state index contributed by atoms with van der Waals surface area (Å²) in [6.45, 7) is 21.7. The van der Waals surface area contributed by atoms with Crippen molar-refractivity contribution in [1.29, 1.82) is 0 Å². The Bertz CT molecular complexity index is 862. The predicted octanol–water partition coefficient (Wildman–Crippen LogP) is 8.15. The molecular weight excluding hydrogens is 376 g/mol. The molecule has 8 atom stereocenters. The maximum atomic E-state index is 12.9. The first-order valence-electron chi connectivity index (χ1n) is 13.2. The van der Waals surface area contributed by atoms with Gasteiger partial charge in [-0.05, 0) is 104 Å². The van der Waals surface area contributed by atoms with Crippen molar-refractivity contribution in [2.24, 2.45) is 50.7 Å². The summed E-state index contributed by atoms with van der Waals surface area (Å²) in [6, 6.07) is 0. The lowest BCUT2D eigenvalue weighted by atomic mass is 9.34. The second-order valence-corrected chi connectivity index (χ2v) is 14.1. The van der Waals surface area contributed by atoms with Gasteiger partial charge in [0.2, 0.25) is 0 Å². The molecule has 4 saturated carbocycles. The van der Waals surface area contributed by atoms with Gasteiger partial charge >= 0.3 is 0 Å². The van der Waals surface area contributed by atoms with E-state index < -0.39 is 0 Å². The monoisotopic (exact) mass is 422 g/mol. The number of carbonyl (C=O) groups excluding carboxylic acids is 1. The van der Waals surface area contributed by atoms with E-state index in [4.69, 9.17) is 0 Å². The molecule has 0 radical (unpaired) electrons. The highest BCUT2D eigenvalue weighted by Gasteiger charge is 2.68. The normalized spacial score (nSPS) is 53.0. The summed E-state index contributed by atoms with van der Waals surface area (Å²) in [5, 5.41) is 0.